The highest BCUT2D eigenvalue weighted by Gasteiger charge is 2.25. The first-order chi connectivity index (χ1) is 11.3. The molecule has 7 nitrogen and oxygen atoms in total. The second-order valence-corrected chi connectivity index (χ2v) is 6.94. The molecule has 0 spiro atoms. The molecule has 1 aliphatic heterocycles. The molecule has 3 amide bonds. The number of amides is 3. The van der Waals surface area contributed by atoms with Crippen LogP contribution in [0.15, 0.2) is 23.0 Å². The summed E-state index contributed by atoms with van der Waals surface area (Å²) in [5.41, 5.74) is 0.0712. The normalized spacial score (nSPS) is 15.3. The maximum Gasteiger partial charge on any atom is 0.257 e. The molecule has 1 aromatic rings. The predicted molar refractivity (Wildman–Crippen MR) is 88.3 cm³/mol. The molecule has 0 aromatic carbocycles. The molecule has 0 atom stereocenters. The van der Waals surface area contributed by atoms with Crippen LogP contribution in [0.2, 0.25) is 0 Å². The summed E-state index contributed by atoms with van der Waals surface area (Å²) in [5.74, 6) is -0.140. The molecule has 24 heavy (non-hydrogen) atoms. The van der Waals surface area contributed by atoms with Crippen LogP contribution in [0.5, 0.6) is 0 Å². The third-order valence-electron chi connectivity index (χ3n) is 3.99. The molecule has 0 radical (unpaired) electrons. The molecule has 2 heterocycles. The zero-order chi connectivity index (χ0) is 17.7. The van der Waals surface area contributed by atoms with Crippen LogP contribution >= 0.6 is 0 Å². The van der Waals surface area contributed by atoms with Crippen molar-refractivity contribution >= 4 is 17.7 Å². The Hall–Kier alpha value is -2.31. The van der Waals surface area contributed by atoms with Gasteiger partial charge in [-0.3, -0.25) is 14.4 Å². The van der Waals surface area contributed by atoms with E-state index in [2.05, 4.69) is 5.32 Å². The highest BCUT2D eigenvalue weighted by molar-refractivity contribution is 5.94. The van der Waals surface area contributed by atoms with E-state index in [0.717, 1.165) is 0 Å². The zero-order valence-corrected chi connectivity index (χ0v) is 14.5. The van der Waals surface area contributed by atoms with Gasteiger partial charge in [-0.1, -0.05) is 20.8 Å². The van der Waals surface area contributed by atoms with Crippen LogP contribution in [-0.2, 0) is 9.59 Å². The van der Waals surface area contributed by atoms with Gasteiger partial charge in [0.05, 0.1) is 11.8 Å². The standard InChI is InChI=1S/C17H25N3O4/c1-17(2,3)16(23)18-6-4-14(21)19-7-9-20(10-8-19)15(22)13-5-11-24-12-13/h5,11-12H,4,6-10H2,1-3H3,(H,18,23). The second kappa shape index (κ2) is 7.51. The molecule has 0 aliphatic carbocycles. The van der Waals surface area contributed by atoms with E-state index in [1.807, 2.05) is 20.8 Å². The van der Waals surface area contributed by atoms with Gasteiger partial charge in [-0.2, -0.15) is 0 Å². The molecule has 1 aliphatic rings. The minimum atomic E-state index is -0.456. The number of hydrogen-bond donors (Lipinski definition) is 1. The lowest BCUT2D eigenvalue weighted by Gasteiger charge is -2.34. The molecular weight excluding hydrogens is 310 g/mol. The minimum Gasteiger partial charge on any atom is -0.472 e. The van der Waals surface area contributed by atoms with E-state index in [1.165, 1.54) is 12.5 Å². The number of hydrogen-bond acceptors (Lipinski definition) is 4. The van der Waals surface area contributed by atoms with Gasteiger partial charge in [0.15, 0.2) is 0 Å². The summed E-state index contributed by atoms with van der Waals surface area (Å²) in [6, 6.07) is 1.64. The van der Waals surface area contributed by atoms with Gasteiger partial charge in [0.25, 0.3) is 5.91 Å². The molecule has 0 unspecified atom stereocenters. The maximum absolute atomic E-state index is 12.2. The predicted octanol–water partition coefficient (Wildman–Crippen LogP) is 1.12. The topological polar surface area (TPSA) is 82.9 Å². The zero-order valence-electron chi connectivity index (χ0n) is 14.5. The summed E-state index contributed by atoms with van der Waals surface area (Å²) < 4.78 is 4.93. The van der Waals surface area contributed by atoms with Crippen LogP contribution in [0.4, 0.5) is 0 Å². The highest BCUT2D eigenvalue weighted by Crippen LogP contribution is 2.13. The third-order valence-corrected chi connectivity index (χ3v) is 3.99. The van der Waals surface area contributed by atoms with E-state index in [0.29, 0.717) is 38.3 Å². The van der Waals surface area contributed by atoms with Gasteiger partial charge in [-0.15, -0.1) is 0 Å². The largest absolute Gasteiger partial charge is 0.472 e. The molecule has 1 aromatic heterocycles. The Morgan fingerprint density at radius 3 is 2.29 bits per heavy atom. The number of nitrogens with zero attached hydrogens (tertiary/aromatic N) is 2. The van der Waals surface area contributed by atoms with Gasteiger partial charge in [0, 0.05) is 44.6 Å². The van der Waals surface area contributed by atoms with E-state index in [1.54, 1.807) is 15.9 Å². The van der Waals surface area contributed by atoms with Crippen LogP contribution in [0, 0.1) is 5.41 Å². The Balaban J connectivity index is 1.73. The first-order valence-corrected chi connectivity index (χ1v) is 8.16. The first kappa shape index (κ1) is 18.0. The molecule has 2 rings (SSSR count). The number of carbonyl (C=O) groups is 3. The van der Waals surface area contributed by atoms with Crippen molar-refractivity contribution in [1.29, 1.82) is 0 Å². The van der Waals surface area contributed by atoms with E-state index in [-0.39, 0.29) is 24.1 Å². The summed E-state index contributed by atoms with van der Waals surface area (Å²) in [6.07, 6.45) is 3.17. The number of nitrogens with one attached hydrogen (secondary N) is 1. The summed E-state index contributed by atoms with van der Waals surface area (Å²) in [7, 11) is 0. The SMILES string of the molecule is CC(C)(C)C(=O)NCCC(=O)N1CCN(C(=O)c2ccoc2)CC1. The van der Waals surface area contributed by atoms with Gasteiger partial charge < -0.3 is 19.5 Å². The fraction of sp³-hybridized carbons (Fsp3) is 0.588. The average molecular weight is 335 g/mol. The van der Waals surface area contributed by atoms with E-state index >= 15 is 0 Å². The molecule has 1 N–H and O–H groups in total. The summed E-state index contributed by atoms with van der Waals surface area (Å²) in [4.78, 5) is 39.6. The molecule has 132 valence electrons. The van der Waals surface area contributed by atoms with Crippen molar-refractivity contribution in [3.63, 3.8) is 0 Å². The van der Waals surface area contributed by atoms with Crippen molar-refractivity contribution in [1.82, 2.24) is 15.1 Å². The van der Waals surface area contributed by atoms with Crippen molar-refractivity contribution in [2.45, 2.75) is 27.2 Å². The monoisotopic (exact) mass is 335 g/mol. The van der Waals surface area contributed by atoms with E-state index < -0.39 is 5.41 Å². The van der Waals surface area contributed by atoms with Crippen LogP contribution in [0.1, 0.15) is 37.6 Å². The molecule has 7 heteroatoms. The number of rotatable bonds is 4. The molecule has 0 bridgehead atoms. The first-order valence-electron chi connectivity index (χ1n) is 8.16. The average Bonchev–Trinajstić information content (AvgIpc) is 3.07. The van der Waals surface area contributed by atoms with Crippen molar-refractivity contribution in [2.75, 3.05) is 32.7 Å². The molecule has 0 saturated carbocycles. The lowest BCUT2D eigenvalue weighted by molar-refractivity contribution is -0.133. The fourth-order valence-electron chi connectivity index (χ4n) is 2.43. The van der Waals surface area contributed by atoms with Crippen LogP contribution in [0.25, 0.3) is 0 Å². The van der Waals surface area contributed by atoms with Crippen LogP contribution in [0.3, 0.4) is 0 Å². The van der Waals surface area contributed by atoms with Gasteiger partial charge in [-0.25, -0.2) is 0 Å². The van der Waals surface area contributed by atoms with Crippen molar-refractivity contribution in [3.8, 4) is 0 Å². The van der Waals surface area contributed by atoms with Crippen molar-refractivity contribution < 1.29 is 18.8 Å². The van der Waals surface area contributed by atoms with Crippen LogP contribution in [-0.4, -0.2) is 60.2 Å². The Morgan fingerprint density at radius 1 is 1.12 bits per heavy atom. The van der Waals surface area contributed by atoms with Gasteiger partial charge in [0.2, 0.25) is 11.8 Å². The maximum atomic E-state index is 12.2. The van der Waals surface area contributed by atoms with E-state index in [9.17, 15) is 14.4 Å². The number of piperazine rings is 1. The minimum absolute atomic E-state index is 0.000353. The summed E-state index contributed by atoms with van der Waals surface area (Å²) >= 11 is 0. The Bertz CT molecular complexity index is 581. The summed E-state index contributed by atoms with van der Waals surface area (Å²) in [6.45, 7) is 7.86. The molecule has 1 fully saturated rings. The summed E-state index contributed by atoms with van der Waals surface area (Å²) in [5, 5.41) is 2.78. The molecular formula is C17H25N3O4. The van der Waals surface area contributed by atoms with Crippen molar-refractivity contribution in [2.24, 2.45) is 5.41 Å². The lowest BCUT2D eigenvalue weighted by Crippen LogP contribution is -2.51. The van der Waals surface area contributed by atoms with E-state index in [4.69, 9.17) is 4.42 Å². The van der Waals surface area contributed by atoms with Gasteiger partial charge in [-0.05, 0) is 6.07 Å². The Morgan fingerprint density at radius 2 is 1.75 bits per heavy atom. The molecule has 1 saturated heterocycles. The highest BCUT2D eigenvalue weighted by atomic mass is 16.3. The second-order valence-electron chi connectivity index (χ2n) is 6.94. The lowest BCUT2D eigenvalue weighted by atomic mass is 9.96. The third kappa shape index (κ3) is 4.59. The van der Waals surface area contributed by atoms with Crippen molar-refractivity contribution in [3.05, 3.63) is 24.2 Å². The van der Waals surface area contributed by atoms with Gasteiger partial charge in [0.1, 0.15) is 6.26 Å². The smallest absolute Gasteiger partial charge is 0.257 e. The number of furan rings is 1. The van der Waals surface area contributed by atoms with Gasteiger partial charge >= 0.3 is 0 Å². The Kier molecular flexibility index (Phi) is 5.64. The van der Waals surface area contributed by atoms with Crippen LogP contribution < -0.4 is 5.32 Å². The fourth-order valence-corrected chi connectivity index (χ4v) is 2.43. The Labute approximate surface area is 142 Å². The number of carbonyl (C=O) groups excluding carboxylic acids is 3. The quantitative estimate of drug-likeness (QED) is 0.894.